The highest BCUT2D eigenvalue weighted by Gasteiger charge is 2.28. The Morgan fingerprint density at radius 1 is 0.286 bits per heavy atom. The molecule has 0 aromatic rings. The maximum Gasteiger partial charge on any atom is -0.0179 e. The van der Waals surface area contributed by atoms with Gasteiger partial charge in [-0.05, 0) is 47.8 Å². The van der Waals surface area contributed by atoms with E-state index in [1.165, 1.54) is 179 Å². The highest BCUT2D eigenvalue weighted by molar-refractivity contribution is 8.93. The molecule has 0 aromatic carbocycles. The Bertz CT molecular complexity index is 466. The summed E-state index contributed by atoms with van der Waals surface area (Å²) >= 11 is 0. The summed E-state index contributed by atoms with van der Waals surface area (Å²) in [6.07, 6.45) is 41.4. The van der Waals surface area contributed by atoms with Crippen LogP contribution in [0.25, 0.3) is 0 Å². The van der Waals surface area contributed by atoms with Crippen LogP contribution in [0.3, 0.4) is 0 Å². The Kier molecular flexibility index (Phi) is 37.6. The molecule has 0 aliphatic carbocycles. The van der Waals surface area contributed by atoms with Crippen molar-refractivity contribution in [1.29, 1.82) is 0 Å². The Morgan fingerprint density at radius 2 is 0.476 bits per heavy atom. The molecular weight excluding hydrogens is 678 g/mol. The van der Waals surface area contributed by atoms with Crippen LogP contribution < -0.4 is 0 Å². The third-order valence-corrected chi connectivity index (χ3v) is 16.5. The second-order valence-electron chi connectivity index (χ2n) is 15.1. The van der Waals surface area contributed by atoms with Gasteiger partial charge in [-0.15, -0.1) is 49.8 Å². The molecule has 0 aliphatic rings. The Morgan fingerprint density at radius 3 is 0.667 bits per heavy atom. The van der Waals surface area contributed by atoms with Crippen molar-refractivity contribution < 1.29 is 0 Å². The zero-order chi connectivity index (χ0) is 30.0. The van der Waals surface area contributed by atoms with Gasteiger partial charge < -0.3 is 0 Å². The first kappa shape index (κ1) is 48.2. The van der Waals surface area contributed by atoms with Crippen LogP contribution >= 0.6 is 49.8 Å². The lowest BCUT2D eigenvalue weighted by Gasteiger charge is -2.37. The van der Waals surface area contributed by atoms with Gasteiger partial charge in [0.2, 0.25) is 0 Å². The molecule has 2 unspecified atom stereocenters. The van der Waals surface area contributed by atoms with E-state index in [0.29, 0.717) is 10.3 Å². The molecule has 0 bridgehead atoms. The van der Waals surface area contributed by atoms with Gasteiger partial charge in [-0.1, -0.05) is 197 Å². The highest BCUT2D eigenvalue weighted by atomic mass is 79.9. The van der Waals surface area contributed by atoms with E-state index in [0.717, 1.165) is 0 Å². The van der Waals surface area contributed by atoms with Gasteiger partial charge in [-0.2, -0.15) is 0 Å². The lowest BCUT2D eigenvalue weighted by Crippen LogP contribution is -2.21. The molecule has 0 amide bonds. The van der Waals surface area contributed by atoms with E-state index < -0.39 is 0 Å². The van der Waals surface area contributed by atoms with Crippen molar-refractivity contribution in [2.75, 3.05) is 24.6 Å². The van der Waals surface area contributed by atoms with Crippen molar-refractivity contribution in [1.82, 2.24) is 0 Å². The third-order valence-electron chi connectivity index (χ3n) is 9.10. The minimum atomic E-state index is 0. The fourth-order valence-electron chi connectivity index (χ4n) is 6.09. The molecular formula is C38H82Br2P2. The van der Waals surface area contributed by atoms with Crippen molar-refractivity contribution in [2.45, 2.75) is 220 Å². The fraction of sp³-hybridized carbons (Fsp3) is 1.00. The van der Waals surface area contributed by atoms with Crippen LogP contribution in [-0.4, -0.2) is 35.0 Å². The van der Waals surface area contributed by atoms with Gasteiger partial charge in [0.25, 0.3) is 0 Å². The molecule has 0 saturated heterocycles. The molecule has 0 N–H and O–H groups in total. The monoisotopic (exact) mass is 758 g/mol. The van der Waals surface area contributed by atoms with Gasteiger partial charge in [0.05, 0.1) is 0 Å². The molecule has 2 atom stereocenters. The summed E-state index contributed by atoms with van der Waals surface area (Å²) in [5.74, 6) is 0. The number of rotatable bonds is 29. The van der Waals surface area contributed by atoms with E-state index in [4.69, 9.17) is 0 Å². The number of unbranched alkanes of at least 4 members (excludes halogenated alkanes) is 22. The summed E-state index contributed by atoms with van der Waals surface area (Å²) in [5, 5.41) is 1.06. The molecule has 4 heteroatoms. The molecule has 258 valence electrons. The van der Waals surface area contributed by atoms with Crippen LogP contribution in [0.5, 0.6) is 0 Å². The van der Waals surface area contributed by atoms with Gasteiger partial charge in [0.1, 0.15) is 0 Å². The van der Waals surface area contributed by atoms with Crippen molar-refractivity contribution in [3.8, 4) is 0 Å². The van der Waals surface area contributed by atoms with E-state index in [1.54, 1.807) is 0 Å². The fourth-order valence-corrected chi connectivity index (χ4v) is 12.4. The van der Waals surface area contributed by atoms with Gasteiger partial charge in [-0.3, -0.25) is 0 Å². The van der Waals surface area contributed by atoms with E-state index in [2.05, 4.69) is 55.4 Å². The molecule has 42 heavy (non-hydrogen) atoms. The molecule has 0 nitrogen and oxygen atoms in total. The molecule has 0 aliphatic heterocycles. The van der Waals surface area contributed by atoms with Crippen LogP contribution in [0.15, 0.2) is 0 Å². The number of hydrogen-bond acceptors (Lipinski definition) is 0. The summed E-state index contributed by atoms with van der Waals surface area (Å²) < 4.78 is 0. The van der Waals surface area contributed by atoms with Crippen molar-refractivity contribution in [3.63, 3.8) is 0 Å². The average molecular weight is 761 g/mol. The van der Waals surface area contributed by atoms with E-state index in [1.807, 2.05) is 0 Å². The van der Waals surface area contributed by atoms with Gasteiger partial charge in [-0.25, -0.2) is 0 Å². The van der Waals surface area contributed by atoms with Gasteiger partial charge in [0.15, 0.2) is 0 Å². The molecule has 0 rings (SSSR count). The first-order chi connectivity index (χ1) is 19.1. The quantitative estimate of drug-likeness (QED) is 0.0526. The van der Waals surface area contributed by atoms with Crippen molar-refractivity contribution >= 4 is 49.8 Å². The second kappa shape index (κ2) is 32.7. The molecule has 0 heterocycles. The summed E-state index contributed by atoms with van der Waals surface area (Å²) in [7, 11) is 0.322. The topological polar surface area (TPSA) is 0 Å². The van der Waals surface area contributed by atoms with E-state index >= 15 is 0 Å². The minimum Gasteiger partial charge on any atom is -0.114 e. The van der Waals surface area contributed by atoms with Gasteiger partial charge >= 0.3 is 0 Å². The SMILES string of the molecule is Br.Br.CCCCCCCCCCCCCCP(CCP(CCCCCCCCCCCCCC)C(C)(C)C)C(C)(C)C. The van der Waals surface area contributed by atoms with E-state index in [9.17, 15) is 0 Å². The third kappa shape index (κ3) is 31.8. The Hall–Kier alpha value is 1.82. The zero-order valence-corrected chi connectivity index (χ0v) is 35.7. The maximum absolute atomic E-state index is 2.55. The Balaban J connectivity index is -0.00000760. The summed E-state index contributed by atoms with van der Waals surface area (Å²) in [4.78, 5) is 0. The van der Waals surface area contributed by atoms with Gasteiger partial charge in [0, 0.05) is 0 Å². The Labute approximate surface area is 292 Å². The lowest BCUT2D eigenvalue weighted by molar-refractivity contribution is 0.548. The average Bonchev–Trinajstić information content (AvgIpc) is 2.88. The predicted molar refractivity (Wildman–Crippen MR) is 216 cm³/mol. The summed E-state index contributed by atoms with van der Waals surface area (Å²) in [6.45, 7) is 19.9. The molecule has 0 fully saturated rings. The van der Waals surface area contributed by atoms with Crippen LogP contribution in [0.1, 0.15) is 209 Å². The van der Waals surface area contributed by atoms with Crippen molar-refractivity contribution in [3.05, 3.63) is 0 Å². The molecule has 0 aromatic heterocycles. The zero-order valence-electron chi connectivity index (χ0n) is 30.5. The first-order valence-electron chi connectivity index (χ1n) is 18.6. The second-order valence-corrected chi connectivity index (χ2v) is 21.7. The molecule has 0 radical (unpaired) electrons. The van der Waals surface area contributed by atoms with Crippen LogP contribution in [0, 0.1) is 0 Å². The van der Waals surface area contributed by atoms with Crippen LogP contribution in [0.2, 0.25) is 0 Å². The van der Waals surface area contributed by atoms with Crippen LogP contribution in [-0.2, 0) is 0 Å². The van der Waals surface area contributed by atoms with Crippen molar-refractivity contribution in [2.24, 2.45) is 0 Å². The maximum atomic E-state index is 2.55. The molecule has 0 saturated carbocycles. The number of hydrogen-bond donors (Lipinski definition) is 0. The highest BCUT2D eigenvalue weighted by Crippen LogP contribution is 2.56. The standard InChI is InChI=1S/C38H80P2.2BrH/c1-9-11-13-15-17-19-21-23-25-27-29-31-33-39(37(3,4)5)35-36-40(38(6,7)8)34-32-30-28-26-24-22-20-18-16-14-12-10-2;;/h9-36H2,1-8H3;2*1H. The summed E-state index contributed by atoms with van der Waals surface area (Å²) in [5.41, 5.74) is 0. The largest absolute Gasteiger partial charge is 0.114 e. The van der Waals surface area contributed by atoms with Crippen LogP contribution in [0.4, 0.5) is 0 Å². The summed E-state index contributed by atoms with van der Waals surface area (Å²) in [6, 6.07) is 0. The minimum absolute atomic E-state index is 0. The predicted octanol–water partition coefficient (Wildman–Crippen LogP) is 16.1. The normalized spacial score (nSPS) is 13.4. The lowest BCUT2D eigenvalue weighted by atomic mass is 10.1. The van der Waals surface area contributed by atoms with E-state index in [-0.39, 0.29) is 49.8 Å². The number of halogens is 2. The molecule has 0 spiro atoms. The smallest absolute Gasteiger partial charge is 0.0179 e. The first-order valence-corrected chi connectivity index (χ1v) is 22.1.